The van der Waals surface area contributed by atoms with Gasteiger partial charge in [0.1, 0.15) is 16.1 Å². The lowest BCUT2D eigenvalue weighted by molar-refractivity contribution is -0.146. The molecule has 2 heterocycles. The van der Waals surface area contributed by atoms with E-state index in [0.717, 1.165) is 32.6 Å². The van der Waals surface area contributed by atoms with Gasteiger partial charge in [-0.05, 0) is 18.6 Å². The zero-order valence-electron chi connectivity index (χ0n) is 18.6. The third-order valence-corrected chi connectivity index (χ3v) is 8.37. The van der Waals surface area contributed by atoms with Gasteiger partial charge in [0, 0.05) is 19.5 Å². The Morgan fingerprint density at radius 3 is 2.62 bits per heavy atom. The highest BCUT2D eigenvalue weighted by Gasteiger charge is 2.56. The molecule has 14 heteroatoms. The van der Waals surface area contributed by atoms with E-state index in [1.165, 1.54) is 35.6 Å². The van der Waals surface area contributed by atoms with Crippen molar-refractivity contribution in [1.29, 1.82) is 0 Å². The minimum Gasteiger partial charge on any atom is -0.467 e. The van der Waals surface area contributed by atoms with Gasteiger partial charge in [-0.15, -0.1) is 21.5 Å². The molecule has 0 saturated carbocycles. The predicted octanol–water partition coefficient (Wildman–Crippen LogP) is -1.24. The molecule has 12 nitrogen and oxygen atoms in total. The monoisotopic (exact) mass is 509 g/mol. The van der Waals surface area contributed by atoms with Crippen molar-refractivity contribution in [2.24, 2.45) is 16.5 Å². The molecule has 1 unspecified atom stereocenters. The zero-order valence-corrected chi connectivity index (χ0v) is 20.2. The number of carbonyl (C=O) groups is 2. The topological polar surface area (TPSA) is 192 Å². The van der Waals surface area contributed by atoms with Crippen LogP contribution in [0.2, 0.25) is 0 Å². The number of guanidine groups is 1. The molecule has 6 N–H and O–H groups in total. The van der Waals surface area contributed by atoms with Crippen molar-refractivity contribution < 1.29 is 22.7 Å². The highest BCUT2D eigenvalue weighted by molar-refractivity contribution is 7.93. The molecular weight excluding hydrogens is 482 g/mol. The van der Waals surface area contributed by atoms with Gasteiger partial charge in [-0.1, -0.05) is 18.2 Å². The van der Waals surface area contributed by atoms with Crippen molar-refractivity contribution in [3.8, 4) is 0 Å². The molecule has 2 aromatic rings. The van der Waals surface area contributed by atoms with E-state index in [4.69, 9.17) is 11.5 Å². The van der Waals surface area contributed by atoms with E-state index in [-0.39, 0.29) is 11.3 Å². The summed E-state index contributed by atoms with van der Waals surface area (Å²) >= 11 is 1.21. The van der Waals surface area contributed by atoms with E-state index >= 15 is 0 Å². The molecule has 1 aliphatic rings. The number of carbonyl (C=O) groups excluding carboxylic acids is 2. The molecule has 0 amide bonds. The number of aliphatic imine (C=N–C) groups is 1. The number of hydrogen-bond donors (Lipinski definition) is 4. The summed E-state index contributed by atoms with van der Waals surface area (Å²) in [5.41, 5.74) is 12.0. The van der Waals surface area contributed by atoms with E-state index in [2.05, 4.69) is 30.6 Å². The van der Waals surface area contributed by atoms with Crippen LogP contribution in [0.15, 0.2) is 40.2 Å². The summed E-state index contributed by atoms with van der Waals surface area (Å²) in [6, 6.07) is 5.17. The number of nitrogens with one attached hydrogen (secondary N) is 2. The molecule has 1 aromatic carbocycles. The van der Waals surface area contributed by atoms with Gasteiger partial charge in [-0.2, -0.15) is 0 Å². The first-order chi connectivity index (χ1) is 16.2. The number of ether oxygens (including phenoxy) is 1. The average molecular weight is 510 g/mol. The largest absolute Gasteiger partial charge is 0.467 e. The zero-order chi connectivity index (χ0) is 24.8. The average Bonchev–Trinajstić information content (AvgIpc) is 3.52. The fraction of sp³-hybridized carbons (Fsp3) is 0.450. The van der Waals surface area contributed by atoms with Gasteiger partial charge in [-0.25, -0.2) is 13.2 Å². The Labute approximate surface area is 201 Å². The molecule has 184 valence electrons. The molecule has 1 aromatic heterocycles. The van der Waals surface area contributed by atoms with Crippen LogP contribution >= 0.6 is 11.3 Å². The predicted molar refractivity (Wildman–Crippen MR) is 126 cm³/mol. The SMILES string of the molecule is COC(=O)[C@](N)(C(N)C(=O)Cc1nnc(CCCNC2=NCCN2)s1)S(=O)(=O)c1ccccc1. The van der Waals surface area contributed by atoms with Crippen LogP contribution in [-0.4, -0.2) is 74.0 Å². The second-order valence-corrected chi connectivity index (χ2v) is 10.8. The summed E-state index contributed by atoms with van der Waals surface area (Å²) in [6.07, 6.45) is 1.08. The number of aryl methyl sites for hydroxylation is 1. The second kappa shape index (κ2) is 11.0. The molecule has 2 atom stereocenters. The van der Waals surface area contributed by atoms with Gasteiger partial charge in [0.2, 0.25) is 14.7 Å². The van der Waals surface area contributed by atoms with Crippen molar-refractivity contribution in [3.63, 3.8) is 0 Å². The second-order valence-electron chi connectivity index (χ2n) is 7.50. The van der Waals surface area contributed by atoms with Crippen molar-refractivity contribution in [2.75, 3.05) is 26.7 Å². The van der Waals surface area contributed by atoms with E-state index in [0.29, 0.717) is 23.0 Å². The molecular formula is C20H27N7O5S2. The number of sulfone groups is 1. The number of benzene rings is 1. The molecule has 0 aliphatic carbocycles. The van der Waals surface area contributed by atoms with Crippen LogP contribution in [0.1, 0.15) is 16.4 Å². The standard InChI is InChI=1S/C20H27N7O5S2/c1-32-18(29)20(22,34(30,31)13-6-3-2-4-7-13)17(21)14(28)12-16-27-26-15(33-16)8-5-9-23-19-24-10-11-25-19/h2-4,6-7,17H,5,8-12,21-22H2,1H3,(H2,23,24,25)/t17?,20-/m0/s1. The molecule has 0 fully saturated rings. The normalized spacial score (nSPS) is 16.1. The number of Topliss-reactive ketones (excluding diaryl/α,β-unsaturated/α-hetero) is 1. The molecule has 0 bridgehead atoms. The number of esters is 1. The van der Waals surface area contributed by atoms with Crippen molar-refractivity contribution in [3.05, 3.63) is 40.3 Å². The van der Waals surface area contributed by atoms with Crippen LogP contribution in [0.3, 0.4) is 0 Å². The molecule has 34 heavy (non-hydrogen) atoms. The first-order valence-corrected chi connectivity index (χ1v) is 12.8. The molecule has 3 rings (SSSR count). The van der Waals surface area contributed by atoms with Crippen LogP contribution in [0.5, 0.6) is 0 Å². The molecule has 0 spiro atoms. The Balaban J connectivity index is 1.67. The number of ketones is 1. The minimum absolute atomic E-state index is 0.253. The number of nitrogens with zero attached hydrogens (tertiary/aromatic N) is 3. The van der Waals surface area contributed by atoms with Crippen LogP contribution in [0.25, 0.3) is 0 Å². The number of rotatable bonds is 11. The number of methoxy groups -OCH3 is 1. The summed E-state index contributed by atoms with van der Waals surface area (Å²) < 4.78 is 31.0. The summed E-state index contributed by atoms with van der Waals surface area (Å²) in [4.78, 5) is 26.6. The van der Waals surface area contributed by atoms with Gasteiger partial charge in [0.25, 0.3) is 0 Å². The van der Waals surface area contributed by atoms with Gasteiger partial charge in [0.05, 0.1) is 25.0 Å². The smallest absolute Gasteiger partial charge is 0.344 e. The van der Waals surface area contributed by atoms with Crippen molar-refractivity contribution in [2.45, 2.75) is 35.1 Å². The van der Waals surface area contributed by atoms with Crippen molar-refractivity contribution in [1.82, 2.24) is 20.8 Å². The van der Waals surface area contributed by atoms with E-state index in [1.807, 2.05) is 0 Å². The first kappa shape index (κ1) is 25.7. The Kier molecular flexibility index (Phi) is 8.30. The Hall–Kier alpha value is -2.94. The van der Waals surface area contributed by atoms with E-state index < -0.39 is 32.5 Å². The van der Waals surface area contributed by atoms with Gasteiger partial charge in [-0.3, -0.25) is 9.79 Å². The summed E-state index contributed by atoms with van der Waals surface area (Å²) in [5.74, 6) is -1.33. The number of hydrogen-bond acceptors (Lipinski definition) is 13. The van der Waals surface area contributed by atoms with Gasteiger partial charge >= 0.3 is 5.97 Å². The molecule has 1 aliphatic heterocycles. The lowest BCUT2D eigenvalue weighted by Crippen LogP contribution is -2.68. The summed E-state index contributed by atoms with van der Waals surface area (Å²) in [7, 11) is -3.59. The fourth-order valence-electron chi connectivity index (χ4n) is 3.28. The minimum atomic E-state index is -4.56. The maximum atomic E-state index is 13.2. The molecule has 0 saturated heterocycles. The quantitative estimate of drug-likeness (QED) is 0.209. The highest BCUT2D eigenvalue weighted by Crippen LogP contribution is 2.27. The summed E-state index contributed by atoms with van der Waals surface area (Å²) in [5, 5.41) is 15.4. The first-order valence-electron chi connectivity index (χ1n) is 10.5. The third-order valence-electron chi connectivity index (χ3n) is 5.18. The summed E-state index contributed by atoms with van der Waals surface area (Å²) in [6.45, 7) is 2.27. The number of aromatic nitrogens is 2. The molecule has 0 radical (unpaired) electrons. The highest BCUT2D eigenvalue weighted by atomic mass is 32.2. The van der Waals surface area contributed by atoms with Crippen LogP contribution < -0.4 is 22.1 Å². The van der Waals surface area contributed by atoms with E-state index in [9.17, 15) is 18.0 Å². The Morgan fingerprint density at radius 1 is 1.26 bits per heavy atom. The Morgan fingerprint density at radius 2 is 1.97 bits per heavy atom. The van der Waals surface area contributed by atoms with Gasteiger partial charge in [0.15, 0.2) is 11.7 Å². The number of nitrogens with two attached hydrogens (primary N) is 2. The Bertz CT molecular complexity index is 1150. The van der Waals surface area contributed by atoms with Gasteiger partial charge < -0.3 is 26.8 Å². The van der Waals surface area contributed by atoms with Crippen molar-refractivity contribution >= 4 is 38.9 Å². The van der Waals surface area contributed by atoms with Crippen LogP contribution in [0.4, 0.5) is 0 Å². The maximum absolute atomic E-state index is 13.2. The van der Waals surface area contributed by atoms with Crippen LogP contribution in [-0.2, 0) is 37.0 Å². The van der Waals surface area contributed by atoms with Crippen LogP contribution in [0, 0.1) is 0 Å². The fourth-order valence-corrected chi connectivity index (χ4v) is 5.85. The third kappa shape index (κ3) is 5.41. The van der Waals surface area contributed by atoms with E-state index in [1.54, 1.807) is 6.07 Å². The maximum Gasteiger partial charge on any atom is 0.344 e. The lowest BCUT2D eigenvalue weighted by Gasteiger charge is -2.30. The lowest BCUT2D eigenvalue weighted by atomic mass is 10.0.